The van der Waals surface area contributed by atoms with E-state index in [-0.39, 0.29) is 18.2 Å². The fourth-order valence-corrected chi connectivity index (χ4v) is 1.80. The zero-order valence-corrected chi connectivity index (χ0v) is 9.48. The van der Waals surface area contributed by atoms with Gasteiger partial charge in [-0.25, -0.2) is 0 Å². The molecule has 1 heterocycles. The molecule has 2 aromatic rings. The van der Waals surface area contributed by atoms with E-state index in [0.717, 1.165) is 0 Å². The molecule has 3 rings (SSSR count). The Hall–Kier alpha value is -2.50. The molecule has 92 valence electrons. The van der Waals surface area contributed by atoms with Gasteiger partial charge in [0.1, 0.15) is 5.69 Å². The first-order valence-corrected chi connectivity index (χ1v) is 5.24. The lowest BCUT2D eigenvalue weighted by molar-refractivity contribution is 0.174. The van der Waals surface area contributed by atoms with Crippen molar-refractivity contribution in [2.75, 3.05) is 19.2 Å². The maximum absolute atomic E-state index is 11.4. The van der Waals surface area contributed by atoms with Crippen molar-refractivity contribution in [3.63, 3.8) is 0 Å². The summed E-state index contributed by atoms with van der Waals surface area (Å²) in [5.41, 5.74) is -0.392. The zero-order chi connectivity index (χ0) is 12.7. The van der Waals surface area contributed by atoms with Crippen LogP contribution < -0.4 is 30.4 Å². The van der Waals surface area contributed by atoms with E-state index in [1.54, 1.807) is 18.2 Å². The number of benzene rings is 1. The third-order valence-corrected chi connectivity index (χ3v) is 2.71. The Morgan fingerprint density at radius 3 is 2.72 bits per heavy atom. The van der Waals surface area contributed by atoms with Crippen LogP contribution in [-0.4, -0.2) is 13.9 Å². The van der Waals surface area contributed by atoms with Crippen LogP contribution in [0.4, 0.5) is 11.4 Å². The van der Waals surface area contributed by atoms with Gasteiger partial charge in [0.25, 0.3) is 10.9 Å². The molecule has 2 aromatic carbocycles. The lowest BCUT2D eigenvalue weighted by atomic mass is 10.2. The normalized spacial score (nSPS) is 12.7. The Morgan fingerprint density at radius 1 is 1.17 bits per heavy atom. The van der Waals surface area contributed by atoms with Gasteiger partial charge in [0.2, 0.25) is 6.79 Å². The average Bonchev–Trinajstić information content (AvgIpc) is 2.85. The molecule has 0 aliphatic carbocycles. The number of rotatable bonds is 3. The van der Waals surface area contributed by atoms with Crippen LogP contribution in [0.5, 0.6) is 17.2 Å². The van der Waals surface area contributed by atoms with Crippen molar-refractivity contribution in [1.29, 1.82) is 0 Å². The van der Waals surface area contributed by atoms with Gasteiger partial charge in [0.05, 0.1) is 7.11 Å². The van der Waals surface area contributed by atoms with Gasteiger partial charge in [-0.1, -0.05) is 0 Å². The first kappa shape index (κ1) is 10.6. The van der Waals surface area contributed by atoms with Crippen LogP contribution in [0.25, 0.3) is 0 Å². The zero-order valence-electron chi connectivity index (χ0n) is 9.48. The van der Waals surface area contributed by atoms with Crippen molar-refractivity contribution < 1.29 is 14.2 Å². The Labute approximate surface area is 101 Å². The van der Waals surface area contributed by atoms with Crippen molar-refractivity contribution in [2.24, 2.45) is 0 Å². The molecule has 0 unspecified atom stereocenters. The van der Waals surface area contributed by atoms with Crippen LogP contribution >= 0.6 is 0 Å². The van der Waals surface area contributed by atoms with E-state index in [2.05, 4.69) is 5.32 Å². The van der Waals surface area contributed by atoms with E-state index < -0.39 is 10.9 Å². The molecule has 1 aliphatic rings. The molecular weight excluding hydrogens is 238 g/mol. The van der Waals surface area contributed by atoms with E-state index >= 15 is 0 Å². The number of ether oxygens (including phenoxy) is 3. The molecule has 1 N–H and O–H groups in total. The van der Waals surface area contributed by atoms with E-state index in [0.29, 0.717) is 17.2 Å². The summed E-state index contributed by atoms with van der Waals surface area (Å²) in [6, 6.07) is 5.14. The van der Waals surface area contributed by atoms with Gasteiger partial charge < -0.3 is 19.5 Å². The van der Waals surface area contributed by atoms with E-state index in [4.69, 9.17) is 14.2 Å². The second-order valence-corrected chi connectivity index (χ2v) is 3.76. The van der Waals surface area contributed by atoms with Crippen LogP contribution in [0.1, 0.15) is 0 Å². The molecule has 18 heavy (non-hydrogen) atoms. The van der Waals surface area contributed by atoms with Crippen LogP contribution in [0.15, 0.2) is 27.8 Å². The number of hydrogen-bond donors (Lipinski definition) is 1. The molecule has 0 aromatic heterocycles. The minimum absolute atomic E-state index is 0.0534. The summed E-state index contributed by atoms with van der Waals surface area (Å²) in [7, 11) is 1.35. The highest BCUT2D eigenvalue weighted by molar-refractivity contribution is 5.71. The smallest absolute Gasteiger partial charge is 0.272 e. The van der Waals surface area contributed by atoms with Crippen molar-refractivity contribution in [2.45, 2.75) is 0 Å². The Morgan fingerprint density at radius 2 is 1.94 bits per heavy atom. The summed E-state index contributed by atoms with van der Waals surface area (Å²) in [6.07, 6.45) is 0. The Kier molecular flexibility index (Phi) is 2.22. The predicted octanol–water partition coefficient (Wildman–Crippen LogP) is 0.763. The fourth-order valence-electron chi connectivity index (χ4n) is 1.80. The van der Waals surface area contributed by atoms with Gasteiger partial charge in [-0.05, 0) is 12.1 Å². The molecule has 1 aliphatic heterocycles. The molecule has 6 nitrogen and oxygen atoms in total. The maximum Gasteiger partial charge on any atom is 0.272 e. The number of hydrogen-bond acceptors (Lipinski definition) is 6. The summed E-state index contributed by atoms with van der Waals surface area (Å²) >= 11 is 0. The summed E-state index contributed by atoms with van der Waals surface area (Å²) < 4.78 is 15.2. The summed E-state index contributed by atoms with van der Waals surface area (Å²) in [5, 5.41) is 2.84. The Balaban J connectivity index is 1.91. The highest BCUT2D eigenvalue weighted by atomic mass is 16.7. The van der Waals surface area contributed by atoms with Crippen LogP contribution in [-0.2, 0) is 0 Å². The van der Waals surface area contributed by atoms with E-state index in [1.807, 2.05) is 0 Å². The maximum atomic E-state index is 11.4. The van der Waals surface area contributed by atoms with Gasteiger partial charge in [0, 0.05) is 11.8 Å². The van der Waals surface area contributed by atoms with E-state index in [9.17, 15) is 9.59 Å². The number of anilines is 2. The highest BCUT2D eigenvalue weighted by Gasteiger charge is 2.22. The topological polar surface area (TPSA) is 73.9 Å². The molecule has 0 atom stereocenters. The molecule has 0 amide bonds. The van der Waals surface area contributed by atoms with E-state index in [1.165, 1.54) is 7.11 Å². The standard InChI is InChI=1S/C12H9NO5/c1-16-12-9(10(14)11(12)15)13-6-2-3-7-8(4-6)18-5-17-7/h2-4,13H,5H2,1H3. The van der Waals surface area contributed by atoms with Gasteiger partial charge in [-0.2, -0.15) is 0 Å². The number of fused-ring (bicyclic) bond motifs is 1. The lowest BCUT2D eigenvalue weighted by Gasteiger charge is -2.11. The SMILES string of the molecule is COc1c(Nc2ccc3c(c2)OCO3)c(=O)c1=O. The van der Waals surface area contributed by atoms with Crippen molar-refractivity contribution in [3.05, 3.63) is 38.6 Å². The van der Waals surface area contributed by atoms with Crippen LogP contribution in [0.2, 0.25) is 0 Å². The predicted molar refractivity (Wildman–Crippen MR) is 63.8 cm³/mol. The third-order valence-electron chi connectivity index (χ3n) is 2.71. The highest BCUT2D eigenvalue weighted by Crippen LogP contribution is 2.35. The molecule has 0 radical (unpaired) electrons. The molecule has 0 saturated carbocycles. The second kappa shape index (κ2) is 3.76. The second-order valence-electron chi connectivity index (χ2n) is 3.76. The van der Waals surface area contributed by atoms with Crippen molar-refractivity contribution in [3.8, 4) is 17.2 Å². The van der Waals surface area contributed by atoms with Crippen LogP contribution in [0.3, 0.4) is 0 Å². The van der Waals surface area contributed by atoms with Gasteiger partial charge >= 0.3 is 0 Å². The minimum Gasteiger partial charge on any atom is -0.491 e. The first-order chi connectivity index (χ1) is 8.70. The third kappa shape index (κ3) is 1.42. The minimum atomic E-state index is -0.610. The number of nitrogens with one attached hydrogen (secondary N) is 1. The van der Waals surface area contributed by atoms with Gasteiger partial charge in [-0.15, -0.1) is 0 Å². The first-order valence-electron chi connectivity index (χ1n) is 5.24. The summed E-state index contributed by atoms with van der Waals surface area (Å²) in [6.45, 7) is 0.183. The lowest BCUT2D eigenvalue weighted by Crippen LogP contribution is -2.34. The fraction of sp³-hybridized carbons (Fsp3) is 0.167. The Bertz CT molecular complexity index is 684. The van der Waals surface area contributed by atoms with Crippen LogP contribution in [0, 0.1) is 0 Å². The monoisotopic (exact) mass is 247 g/mol. The molecule has 0 fully saturated rings. The quantitative estimate of drug-likeness (QED) is 0.807. The van der Waals surface area contributed by atoms with Gasteiger partial charge in [0.15, 0.2) is 17.2 Å². The molecule has 6 heteroatoms. The van der Waals surface area contributed by atoms with Gasteiger partial charge in [-0.3, -0.25) is 9.59 Å². The summed E-state index contributed by atoms with van der Waals surface area (Å²) in [5.74, 6) is 1.30. The average molecular weight is 247 g/mol. The molecule has 0 saturated heterocycles. The molecule has 0 spiro atoms. The van der Waals surface area contributed by atoms with Crippen molar-refractivity contribution in [1.82, 2.24) is 0 Å². The molecular formula is C12H9NO5. The van der Waals surface area contributed by atoms with Crippen molar-refractivity contribution >= 4 is 11.4 Å². The molecule has 0 bridgehead atoms. The number of methoxy groups -OCH3 is 1. The summed E-state index contributed by atoms with van der Waals surface area (Å²) in [4.78, 5) is 22.5. The largest absolute Gasteiger partial charge is 0.491 e.